The predicted octanol–water partition coefficient (Wildman–Crippen LogP) is 2.97. The summed E-state index contributed by atoms with van der Waals surface area (Å²) in [5, 5.41) is 8.61. The van der Waals surface area contributed by atoms with Crippen LogP contribution < -0.4 is 10.5 Å². The normalized spacial score (nSPS) is 11.7. The van der Waals surface area contributed by atoms with Crippen molar-refractivity contribution in [2.45, 2.75) is 12.5 Å². The molecule has 4 heteroatoms. The average Bonchev–Trinajstić information content (AvgIpc) is 2.48. The zero-order valence-corrected chi connectivity index (χ0v) is 10.9. The van der Waals surface area contributed by atoms with E-state index in [1.165, 1.54) is 6.07 Å². The second kappa shape index (κ2) is 6.69. The first-order valence-electron chi connectivity index (χ1n) is 6.31. The lowest BCUT2D eigenvalue weighted by molar-refractivity contribution is 0.209. The summed E-state index contributed by atoms with van der Waals surface area (Å²) in [5.74, 6) is 0.273. The van der Waals surface area contributed by atoms with Crippen LogP contribution in [0.2, 0.25) is 0 Å². The third-order valence-electron chi connectivity index (χ3n) is 2.95. The van der Waals surface area contributed by atoms with Gasteiger partial charge in [-0.1, -0.05) is 30.3 Å². The van der Waals surface area contributed by atoms with Crippen LogP contribution in [-0.4, -0.2) is 6.54 Å². The van der Waals surface area contributed by atoms with Crippen LogP contribution in [0.4, 0.5) is 4.39 Å². The molecule has 20 heavy (non-hydrogen) atoms. The Morgan fingerprint density at radius 3 is 2.45 bits per heavy atom. The second-order valence-corrected chi connectivity index (χ2v) is 4.34. The average molecular weight is 270 g/mol. The van der Waals surface area contributed by atoms with E-state index in [2.05, 4.69) is 6.07 Å². The minimum atomic E-state index is -0.530. The summed E-state index contributed by atoms with van der Waals surface area (Å²) in [6, 6.07) is 15.7. The number of halogens is 1. The van der Waals surface area contributed by atoms with Crippen LogP contribution in [0.15, 0.2) is 48.5 Å². The number of nitrogens with zero attached hydrogens (tertiary/aromatic N) is 1. The Balaban J connectivity index is 2.14. The van der Waals surface area contributed by atoms with Gasteiger partial charge < -0.3 is 10.5 Å². The smallest absolute Gasteiger partial charge is 0.139 e. The Bertz CT molecular complexity index is 605. The van der Waals surface area contributed by atoms with Gasteiger partial charge >= 0.3 is 0 Å². The third kappa shape index (κ3) is 3.34. The van der Waals surface area contributed by atoms with Crippen LogP contribution in [0.3, 0.4) is 0 Å². The molecule has 2 aromatic rings. The number of rotatable bonds is 5. The molecule has 2 aromatic carbocycles. The quantitative estimate of drug-likeness (QED) is 0.908. The van der Waals surface area contributed by atoms with E-state index in [4.69, 9.17) is 15.7 Å². The molecule has 0 fully saturated rings. The Morgan fingerprint density at radius 2 is 1.85 bits per heavy atom. The van der Waals surface area contributed by atoms with Gasteiger partial charge in [0, 0.05) is 12.1 Å². The molecule has 0 aliphatic heterocycles. The highest BCUT2D eigenvalue weighted by Gasteiger charge is 2.15. The Kier molecular flexibility index (Phi) is 4.70. The second-order valence-electron chi connectivity index (χ2n) is 4.34. The van der Waals surface area contributed by atoms with E-state index in [0.717, 1.165) is 5.56 Å². The number of benzene rings is 2. The summed E-state index contributed by atoms with van der Waals surface area (Å²) in [4.78, 5) is 0. The first-order valence-corrected chi connectivity index (χ1v) is 6.31. The van der Waals surface area contributed by atoms with Crippen LogP contribution in [0.25, 0.3) is 0 Å². The molecule has 0 spiro atoms. The molecule has 1 atom stereocenters. The van der Waals surface area contributed by atoms with Gasteiger partial charge in [-0.2, -0.15) is 5.26 Å². The van der Waals surface area contributed by atoms with E-state index in [1.807, 2.05) is 12.1 Å². The van der Waals surface area contributed by atoms with Gasteiger partial charge in [-0.25, -0.2) is 4.39 Å². The molecule has 0 bridgehead atoms. The van der Waals surface area contributed by atoms with Gasteiger partial charge in [0.2, 0.25) is 0 Å². The number of nitrogens with two attached hydrogens (primary N) is 1. The summed E-state index contributed by atoms with van der Waals surface area (Å²) >= 11 is 0. The summed E-state index contributed by atoms with van der Waals surface area (Å²) in [6.45, 7) is 0.181. The van der Waals surface area contributed by atoms with E-state index in [1.54, 1.807) is 30.3 Å². The number of hydrogen-bond donors (Lipinski definition) is 1. The molecule has 102 valence electrons. The molecule has 0 aromatic heterocycles. The molecule has 0 amide bonds. The fraction of sp³-hybridized carbons (Fsp3) is 0.188. The molecule has 0 radical (unpaired) electrons. The number of ether oxygens (including phenoxy) is 1. The van der Waals surface area contributed by atoms with Crippen molar-refractivity contribution < 1.29 is 9.13 Å². The molecule has 0 aliphatic carbocycles. The van der Waals surface area contributed by atoms with Gasteiger partial charge in [-0.3, -0.25) is 0 Å². The molecular formula is C16H15FN2O. The minimum absolute atomic E-state index is 0.181. The molecule has 0 saturated heterocycles. The van der Waals surface area contributed by atoms with Gasteiger partial charge in [0.1, 0.15) is 17.7 Å². The summed E-state index contributed by atoms with van der Waals surface area (Å²) in [5.41, 5.74) is 7.02. The topological polar surface area (TPSA) is 59.0 Å². The van der Waals surface area contributed by atoms with Gasteiger partial charge in [0.25, 0.3) is 0 Å². The summed E-state index contributed by atoms with van der Waals surface area (Å²) < 4.78 is 19.4. The number of nitriles is 1. The highest BCUT2D eigenvalue weighted by molar-refractivity contribution is 5.30. The Hall–Kier alpha value is -2.38. The summed E-state index contributed by atoms with van der Waals surface area (Å²) in [7, 11) is 0. The van der Waals surface area contributed by atoms with E-state index < -0.39 is 6.10 Å². The van der Waals surface area contributed by atoms with Gasteiger partial charge in [0.15, 0.2) is 0 Å². The first-order chi connectivity index (χ1) is 9.74. The van der Waals surface area contributed by atoms with Crippen LogP contribution >= 0.6 is 0 Å². The summed E-state index contributed by atoms with van der Waals surface area (Å²) in [6.07, 6.45) is -0.175. The maximum absolute atomic E-state index is 13.7. The highest BCUT2D eigenvalue weighted by Crippen LogP contribution is 2.23. The molecule has 1 unspecified atom stereocenters. The molecular weight excluding hydrogens is 255 g/mol. The first kappa shape index (κ1) is 14.0. The standard InChI is InChI=1S/C16H15FN2O/c17-15-4-2-1-3-14(15)16(11-19)20-13-7-5-12(6-8-13)9-10-18/h1-8,16H,9,11,19H2. The lowest BCUT2D eigenvalue weighted by Crippen LogP contribution is -2.19. The fourth-order valence-corrected chi connectivity index (χ4v) is 1.92. The van der Waals surface area contributed by atoms with Crippen molar-refractivity contribution in [3.8, 4) is 11.8 Å². The van der Waals surface area contributed by atoms with Crippen molar-refractivity contribution in [1.29, 1.82) is 5.26 Å². The largest absolute Gasteiger partial charge is 0.484 e. The van der Waals surface area contributed by atoms with Crippen molar-refractivity contribution >= 4 is 0 Å². The van der Waals surface area contributed by atoms with E-state index in [9.17, 15) is 4.39 Å². The van der Waals surface area contributed by atoms with Crippen LogP contribution in [0, 0.1) is 17.1 Å². The molecule has 3 nitrogen and oxygen atoms in total. The van der Waals surface area contributed by atoms with Crippen molar-refractivity contribution in [3.05, 3.63) is 65.5 Å². The molecule has 0 aliphatic rings. The van der Waals surface area contributed by atoms with Gasteiger partial charge in [-0.15, -0.1) is 0 Å². The lowest BCUT2D eigenvalue weighted by Gasteiger charge is -2.18. The zero-order valence-electron chi connectivity index (χ0n) is 10.9. The molecule has 0 heterocycles. The zero-order chi connectivity index (χ0) is 14.4. The monoisotopic (exact) mass is 270 g/mol. The Labute approximate surface area is 117 Å². The number of hydrogen-bond acceptors (Lipinski definition) is 3. The predicted molar refractivity (Wildman–Crippen MR) is 74.6 cm³/mol. The van der Waals surface area contributed by atoms with Crippen molar-refractivity contribution in [2.75, 3.05) is 6.54 Å². The van der Waals surface area contributed by atoms with Crippen LogP contribution in [0.1, 0.15) is 17.2 Å². The van der Waals surface area contributed by atoms with Gasteiger partial charge in [-0.05, 0) is 23.8 Å². The molecule has 2 N–H and O–H groups in total. The van der Waals surface area contributed by atoms with Crippen LogP contribution in [0.5, 0.6) is 5.75 Å². The van der Waals surface area contributed by atoms with E-state index in [-0.39, 0.29) is 12.4 Å². The van der Waals surface area contributed by atoms with E-state index >= 15 is 0 Å². The fourth-order valence-electron chi connectivity index (χ4n) is 1.92. The molecule has 0 saturated carbocycles. The van der Waals surface area contributed by atoms with Crippen molar-refractivity contribution in [1.82, 2.24) is 0 Å². The Morgan fingerprint density at radius 1 is 1.15 bits per heavy atom. The van der Waals surface area contributed by atoms with E-state index in [0.29, 0.717) is 17.7 Å². The SMILES string of the molecule is N#CCc1ccc(OC(CN)c2ccccc2F)cc1. The minimum Gasteiger partial charge on any atom is -0.484 e. The van der Waals surface area contributed by atoms with Crippen molar-refractivity contribution in [3.63, 3.8) is 0 Å². The van der Waals surface area contributed by atoms with Gasteiger partial charge in [0.05, 0.1) is 12.5 Å². The highest BCUT2D eigenvalue weighted by atomic mass is 19.1. The molecule has 2 rings (SSSR count). The maximum Gasteiger partial charge on any atom is 0.139 e. The maximum atomic E-state index is 13.7. The van der Waals surface area contributed by atoms with Crippen molar-refractivity contribution in [2.24, 2.45) is 5.73 Å². The lowest BCUT2D eigenvalue weighted by atomic mass is 10.1. The third-order valence-corrected chi connectivity index (χ3v) is 2.95. The van der Waals surface area contributed by atoms with Crippen LogP contribution in [-0.2, 0) is 6.42 Å².